The van der Waals surface area contributed by atoms with Crippen LogP contribution in [0.2, 0.25) is 0 Å². The van der Waals surface area contributed by atoms with Crippen LogP contribution in [0.4, 0.5) is 0 Å². The Balaban J connectivity index is 2.14. The minimum absolute atomic E-state index is 0.0828. The number of hydrogen-bond acceptors (Lipinski definition) is 2. The first kappa shape index (κ1) is 10.1. The third-order valence-corrected chi connectivity index (χ3v) is 2.92. The van der Waals surface area contributed by atoms with Gasteiger partial charge < -0.3 is 5.11 Å². The molecule has 0 saturated carbocycles. The highest BCUT2D eigenvalue weighted by atomic mass is 16.3. The Bertz CT molecular complexity index is 644. The highest BCUT2D eigenvalue weighted by Gasteiger charge is 2.01. The van der Waals surface area contributed by atoms with Crippen LogP contribution < -0.4 is 0 Å². The van der Waals surface area contributed by atoms with Gasteiger partial charge in [0.1, 0.15) is 0 Å². The number of aromatic nitrogens is 2. The average Bonchev–Trinajstić information content (AvgIpc) is 2.91. The molecule has 0 saturated heterocycles. The number of nitrogens with one attached hydrogen (secondary N) is 1. The van der Waals surface area contributed by atoms with Crippen molar-refractivity contribution in [3.05, 3.63) is 54.4 Å². The fraction of sp³-hybridized carbons (Fsp3) is 0.0714. The molecule has 3 heteroatoms. The number of rotatable bonds is 2. The van der Waals surface area contributed by atoms with Crippen molar-refractivity contribution >= 4 is 10.8 Å². The molecular formula is C14H12N2O. The molecule has 0 aliphatic rings. The molecule has 2 aromatic carbocycles. The molecule has 2 N–H and O–H groups in total. The zero-order valence-electron chi connectivity index (χ0n) is 9.22. The summed E-state index contributed by atoms with van der Waals surface area (Å²) in [6.45, 7) is 0.0828. The lowest BCUT2D eigenvalue weighted by molar-refractivity contribution is 0.282. The van der Waals surface area contributed by atoms with E-state index in [2.05, 4.69) is 28.4 Å². The average molecular weight is 224 g/mol. The largest absolute Gasteiger partial charge is 0.392 e. The van der Waals surface area contributed by atoms with Gasteiger partial charge in [0, 0.05) is 11.8 Å². The van der Waals surface area contributed by atoms with E-state index in [-0.39, 0.29) is 6.61 Å². The van der Waals surface area contributed by atoms with Crippen LogP contribution in [0, 0.1) is 0 Å². The van der Waals surface area contributed by atoms with Crippen molar-refractivity contribution in [3.8, 4) is 11.1 Å². The van der Waals surface area contributed by atoms with E-state index < -0.39 is 0 Å². The molecule has 3 rings (SSSR count). The SMILES string of the molecule is OCc1ccc2cc(-c3cn[nH]c3)ccc2c1. The Morgan fingerprint density at radius 2 is 1.82 bits per heavy atom. The van der Waals surface area contributed by atoms with E-state index in [0.29, 0.717) is 0 Å². The lowest BCUT2D eigenvalue weighted by Gasteiger charge is -2.03. The van der Waals surface area contributed by atoms with Gasteiger partial charge in [-0.1, -0.05) is 24.3 Å². The molecule has 1 heterocycles. The summed E-state index contributed by atoms with van der Waals surface area (Å²) in [5.74, 6) is 0. The molecule has 84 valence electrons. The summed E-state index contributed by atoms with van der Waals surface area (Å²) in [5, 5.41) is 18.2. The minimum Gasteiger partial charge on any atom is -0.392 e. The summed E-state index contributed by atoms with van der Waals surface area (Å²) < 4.78 is 0. The highest BCUT2D eigenvalue weighted by molar-refractivity contribution is 5.87. The van der Waals surface area contributed by atoms with E-state index in [4.69, 9.17) is 5.11 Å². The molecule has 0 bridgehead atoms. The number of benzene rings is 2. The van der Waals surface area contributed by atoms with Crippen LogP contribution in [0.1, 0.15) is 5.56 Å². The summed E-state index contributed by atoms with van der Waals surface area (Å²) in [4.78, 5) is 0. The molecular weight excluding hydrogens is 212 g/mol. The third-order valence-electron chi connectivity index (χ3n) is 2.92. The number of aromatic amines is 1. The van der Waals surface area contributed by atoms with Crippen LogP contribution >= 0.6 is 0 Å². The van der Waals surface area contributed by atoms with Gasteiger partial charge in [-0.15, -0.1) is 0 Å². The first-order valence-electron chi connectivity index (χ1n) is 5.49. The van der Waals surface area contributed by atoms with E-state index in [1.807, 2.05) is 30.6 Å². The van der Waals surface area contributed by atoms with Gasteiger partial charge in [0.25, 0.3) is 0 Å². The number of H-pyrrole nitrogens is 1. The number of fused-ring (bicyclic) bond motifs is 1. The van der Waals surface area contributed by atoms with Gasteiger partial charge in [0.15, 0.2) is 0 Å². The van der Waals surface area contributed by atoms with Crippen molar-refractivity contribution in [1.82, 2.24) is 10.2 Å². The van der Waals surface area contributed by atoms with E-state index in [1.54, 1.807) is 0 Å². The van der Waals surface area contributed by atoms with Gasteiger partial charge in [-0.2, -0.15) is 5.10 Å². The fourth-order valence-corrected chi connectivity index (χ4v) is 1.98. The van der Waals surface area contributed by atoms with Crippen molar-refractivity contribution in [3.63, 3.8) is 0 Å². The Morgan fingerprint density at radius 3 is 2.59 bits per heavy atom. The highest BCUT2D eigenvalue weighted by Crippen LogP contribution is 2.24. The maximum Gasteiger partial charge on any atom is 0.0682 e. The lowest BCUT2D eigenvalue weighted by Crippen LogP contribution is -1.83. The van der Waals surface area contributed by atoms with Gasteiger partial charge in [-0.05, 0) is 34.0 Å². The zero-order chi connectivity index (χ0) is 11.7. The smallest absolute Gasteiger partial charge is 0.0682 e. The first-order valence-corrected chi connectivity index (χ1v) is 5.49. The second-order valence-corrected chi connectivity index (χ2v) is 4.04. The summed E-state index contributed by atoms with van der Waals surface area (Å²) in [6.07, 6.45) is 3.69. The van der Waals surface area contributed by atoms with Crippen LogP contribution in [0.25, 0.3) is 21.9 Å². The van der Waals surface area contributed by atoms with Crippen LogP contribution in [0.3, 0.4) is 0 Å². The molecule has 0 fully saturated rings. The summed E-state index contributed by atoms with van der Waals surface area (Å²) in [7, 11) is 0. The Kier molecular flexibility index (Phi) is 2.38. The zero-order valence-corrected chi connectivity index (χ0v) is 9.22. The molecule has 0 spiro atoms. The quantitative estimate of drug-likeness (QED) is 0.703. The summed E-state index contributed by atoms with van der Waals surface area (Å²) >= 11 is 0. The van der Waals surface area contributed by atoms with Gasteiger partial charge >= 0.3 is 0 Å². The second kappa shape index (κ2) is 4.03. The number of hydrogen-bond donors (Lipinski definition) is 2. The number of aliphatic hydroxyl groups excluding tert-OH is 1. The van der Waals surface area contributed by atoms with Crippen molar-refractivity contribution < 1.29 is 5.11 Å². The van der Waals surface area contributed by atoms with E-state index in [1.165, 1.54) is 5.39 Å². The molecule has 0 aliphatic heterocycles. The van der Waals surface area contributed by atoms with E-state index in [0.717, 1.165) is 22.1 Å². The van der Waals surface area contributed by atoms with Crippen molar-refractivity contribution in [2.75, 3.05) is 0 Å². The van der Waals surface area contributed by atoms with Gasteiger partial charge in [0.05, 0.1) is 12.8 Å². The first-order chi connectivity index (χ1) is 8.36. The van der Waals surface area contributed by atoms with Crippen LogP contribution in [-0.4, -0.2) is 15.3 Å². The second-order valence-electron chi connectivity index (χ2n) is 4.04. The molecule has 0 atom stereocenters. The minimum atomic E-state index is 0.0828. The van der Waals surface area contributed by atoms with E-state index >= 15 is 0 Å². The molecule has 3 nitrogen and oxygen atoms in total. The maximum atomic E-state index is 9.09. The summed E-state index contributed by atoms with van der Waals surface area (Å²) in [5.41, 5.74) is 3.16. The number of nitrogens with zero attached hydrogens (tertiary/aromatic N) is 1. The van der Waals surface area contributed by atoms with Crippen LogP contribution in [0.5, 0.6) is 0 Å². The Labute approximate surface area is 98.7 Å². The van der Waals surface area contributed by atoms with Crippen LogP contribution in [0.15, 0.2) is 48.8 Å². The normalized spacial score (nSPS) is 10.9. The molecule has 0 aliphatic carbocycles. The lowest BCUT2D eigenvalue weighted by atomic mass is 10.0. The predicted octanol–water partition coefficient (Wildman–Crippen LogP) is 2.72. The van der Waals surface area contributed by atoms with Crippen LogP contribution in [-0.2, 0) is 6.61 Å². The topological polar surface area (TPSA) is 48.9 Å². The molecule has 0 unspecified atom stereocenters. The number of aliphatic hydroxyl groups is 1. The summed E-state index contributed by atoms with van der Waals surface area (Å²) in [6, 6.07) is 12.2. The molecule has 3 aromatic rings. The molecule has 0 amide bonds. The van der Waals surface area contributed by atoms with Gasteiger partial charge in [-0.25, -0.2) is 0 Å². The molecule has 0 radical (unpaired) electrons. The standard InChI is InChI=1S/C14H12N2O/c17-9-10-1-2-12-6-13(4-3-11(12)5-10)14-7-15-16-8-14/h1-8,17H,9H2,(H,15,16). The van der Waals surface area contributed by atoms with Crippen molar-refractivity contribution in [2.45, 2.75) is 6.61 Å². The molecule has 1 aromatic heterocycles. The predicted molar refractivity (Wildman–Crippen MR) is 67.5 cm³/mol. The maximum absolute atomic E-state index is 9.09. The van der Waals surface area contributed by atoms with Crippen molar-refractivity contribution in [2.24, 2.45) is 0 Å². The Morgan fingerprint density at radius 1 is 1.00 bits per heavy atom. The van der Waals surface area contributed by atoms with E-state index in [9.17, 15) is 0 Å². The van der Waals surface area contributed by atoms with Gasteiger partial charge in [0.2, 0.25) is 0 Å². The fourth-order valence-electron chi connectivity index (χ4n) is 1.98. The monoisotopic (exact) mass is 224 g/mol. The van der Waals surface area contributed by atoms with Gasteiger partial charge in [-0.3, -0.25) is 5.10 Å². The molecule has 17 heavy (non-hydrogen) atoms. The van der Waals surface area contributed by atoms with Crippen molar-refractivity contribution in [1.29, 1.82) is 0 Å². The third kappa shape index (κ3) is 1.81. The Hall–Kier alpha value is -2.13.